The van der Waals surface area contributed by atoms with Crippen LogP contribution < -0.4 is 4.72 Å². The summed E-state index contributed by atoms with van der Waals surface area (Å²) < 4.78 is 5.98. The number of aliphatic hydroxyl groups is 1. The maximum absolute atomic E-state index is 9.27. The van der Waals surface area contributed by atoms with Crippen molar-refractivity contribution >= 4 is 45.3 Å². The maximum Gasteiger partial charge on any atom is 0.166 e. The van der Waals surface area contributed by atoms with E-state index < -0.39 is 4.93 Å². The summed E-state index contributed by atoms with van der Waals surface area (Å²) >= 11 is 5.07. The quantitative estimate of drug-likeness (QED) is 0.561. The summed E-state index contributed by atoms with van der Waals surface area (Å²) in [6.45, 7) is 0. The van der Waals surface area contributed by atoms with Crippen molar-refractivity contribution in [1.29, 1.82) is 0 Å². The molecule has 132 valence electrons. The predicted molar refractivity (Wildman–Crippen MR) is 110 cm³/mol. The van der Waals surface area contributed by atoms with E-state index in [1.165, 1.54) is 36.8 Å². The second-order valence-electron chi connectivity index (χ2n) is 6.54. The second-order valence-corrected chi connectivity index (χ2v) is 10.0. The first-order valence-corrected chi connectivity index (χ1v) is 11.3. The van der Waals surface area contributed by atoms with Gasteiger partial charge >= 0.3 is 0 Å². The van der Waals surface area contributed by atoms with Crippen molar-refractivity contribution in [3.63, 3.8) is 0 Å². The first-order chi connectivity index (χ1) is 12.2. The Labute approximate surface area is 161 Å². The summed E-state index contributed by atoms with van der Waals surface area (Å²) in [5.41, 5.74) is 1.12. The van der Waals surface area contributed by atoms with Crippen LogP contribution in [-0.2, 0) is 0 Å². The van der Waals surface area contributed by atoms with E-state index in [1.807, 2.05) is 30.4 Å². The Balaban J connectivity index is 0.000000163. The Morgan fingerprint density at radius 1 is 1.16 bits per heavy atom. The number of benzene rings is 1. The summed E-state index contributed by atoms with van der Waals surface area (Å²) in [7, 11) is 0. The molecule has 5 rings (SSSR count). The highest BCUT2D eigenvalue weighted by molar-refractivity contribution is 8.08. The fourth-order valence-corrected chi connectivity index (χ4v) is 5.83. The molecule has 0 amide bonds. The number of hydrogen-bond acceptors (Lipinski definition) is 6. The lowest BCUT2D eigenvalue weighted by atomic mass is 9.96. The molecule has 1 aliphatic heterocycles. The average molecular weight is 391 g/mol. The number of fused-ring (bicyclic) bond motifs is 2. The maximum atomic E-state index is 9.27. The molecule has 25 heavy (non-hydrogen) atoms. The molecule has 0 radical (unpaired) electrons. The van der Waals surface area contributed by atoms with Crippen LogP contribution in [0.25, 0.3) is 10.2 Å². The lowest BCUT2D eigenvalue weighted by Gasteiger charge is -2.21. The van der Waals surface area contributed by atoms with Gasteiger partial charge in [0.25, 0.3) is 0 Å². The van der Waals surface area contributed by atoms with Gasteiger partial charge in [0, 0.05) is 6.04 Å². The van der Waals surface area contributed by atoms with Gasteiger partial charge < -0.3 is 5.11 Å². The van der Waals surface area contributed by atoms with Gasteiger partial charge in [-0.1, -0.05) is 49.6 Å². The van der Waals surface area contributed by atoms with Crippen molar-refractivity contribution < 1.29 is 5.11 Å². The van der Waals surface area contributed by atoms with Gasteiger partial charge in [0.15, 0.2) is 4.34 Å². The van der Waals surface area contributed by atoms with E-state index >= 15 is 0 Å². The molecule has 2 heterocycles. The minimum Gasteiger partial charge on any atom is -0.374 e. The van der Waals surface area contributed by atoms with Crippen LogP contribution in [0, 0.1) is 0 Å². The number of nitrogens with one attached hydrogen (secondary N) is 1. The molecule has 0 spiro atoms. The lowest BCUT2D eigenvalue weighted by Crippen LogP contribution is -2.25. The van der Waals surface area contributed by atoms with E-state index in [-0.39, 0.29) is 0 Å². The van der Waals surface area contributed by atoms with Gasteiger partial charge in [0.1, 0.15) is 4.93 Å². The van der Waals surface area contributed by atoms with Crippen LogP contribution in [0.1, 0.15) is 32.1 Å². The van der Waals surface area contributed by atoms with Gasteiger partial charge in [0.05, 0.1) is 15.5 Å². The zero-order valence-electron chi connectivity index (χ0n) is 13.9. The number of aromatic nitrogens is 1. The van der Waals surface area contributed by atoms with Gasteiger partial charge in [-0.05, 0) is 43.0 Å². The molecule has 1 aromatic heterocycles. The molecule has 3 nitrogen and oxygen atoms in total. The number of rotatable bonds is 3. The zero-order valence-corrected chi connectivity index (χ0v) is 16.4. The summed E-state index contributed by atoms with van der Waals surface area (Å²) in [5.74, 6) is 0. The largest absolute Gasteiger partial charge is 0.374 e. The molecule has 1 saturated carbocycles. The lowest BCUT2D eigenvalue weighted by molar-refractivity contribution is 0.228. The Kier molecular flexibility index (Phi) is 5.53. The first kappa shape index (κ1) is 17.6. The van der Waals surface area contributed by atoms with Crippen molar-refractivity contribution in [1.82, 2.24) is 9.71 Å². The Morgan fingerprint density at radius 2 is 2.00 bits per heavy atom. The summed E-state index contributed by atoms with van der Waals surface area (Å²) in [4.78, 5) is 4.11. The van der Waals surface area contributed by atoms with Crippen LogP contribution in [0.5, 0.6) is 0 Å². The third kappa shape index (κ3) is 4.49. The van der Waals surface area contributed by atoms with Crippen LogP contribution in [0.15, 0.2) is 52.9 Å². The van der Waals surface area contributed by atoms with Crippen LogP contribution in [0.4, 0.5) is 0 Å². The van der Waals surface area contributed by atoms with Crippen molar-refractivity contribution in [3.05, 3.63) is 48.6 Å². The molecule has 6 heteroatoms. The summed E-state index contributed by atoms with van der Waals surface area (Å²) in [5, 5.41) is 9.63. The molecular formula is C19H22N2OS3. The smallest absolute Gasteiger partial charge is 0.166 e. The van der Waals surface area contributed by atoms with Gasteiger partial charge in [0.2, 0.25) is 0 Å². The zero-order chi connectivity index (χ0) is 17.1. The van der Waals surface area contributed by atoms with E-state index in [0.717, 1.165) is 9.86 Å². The normalized spacial score (nSPS) is 27.6. The molecule has 2 atom stereocenters. The molecule has 3 aliphatic rings. The number of hydrogen-bond donors (Lipinski definition) is 2. The predicted octanol–water partition coefficient (Wildman–Crippen LogP) is 5.14. The monoisotopic (exact) mass is 390 g/mol. The van der Waals surface area contributed by atoms with E-state index in [4.69, 9.17) is 0 Å². The number of para-hydroxylation sites is 1. The van der Waals surface area contributed by atoms with Crippen LogP contribution in [0.2, 0.25) is 0 Å². The number of allylic oxidation sites excluding steroid dienone is 2. The topological polar surface area (TPSA) is 45.1 Å². The molecule has 2 aliphatic carbocycles. The molecule has 0 bridgehead atoms. The number of thioether (sulfide) groups is 1. The Bertz CT molecular complexity index is 749. The highest BCUT2D eigenvalue weighted by atomic mass is 32.2. The van der Waals surface area contributed by atoms with Gasteiger partial charge in [-0.2, -0.15) is 0 Å². The highest BCUT2D eigenvalue weighted by Gasteiger charge is 2.51. The number of thiazole rings is 1. The average Bonchev–Trinajstić information content (AvgIpc) is 3.17. The van der Waals surface area contributed by atoms with E-state index in [9.17, 15) is 5.11 Å². The fourth-order valence-electron chi connectivity index (χ4n) is 3.09. The first-order valence-electron chi connectivity index (χ1n) is 8.77. The minimum absolute atomic E-state index is 0.354. The van der Waals surface area contributed by atoms with Gasteiger partial charge in [-0.15, -0.1) is 23.1 Å². The highest BCUT2D eigenvalue weighted by Crippen LogP contribution is 2.54. The standard InChI is InChI=1S/C13H16N2S2.C6H6OS/c1-2-6-10(7-3-1)15-17-13-14-11-8-4-5-9-12(11)16-13;7-6-4-2-1-3-5(6)8-6/h4-5,8-10,15H,1-3,6-7H2;1-5,7H. The molecular weight excluding hydrogens is 368 g/mol. The van der Waals surface area contributed by atoms with E-state index in [0.29, 0.717) is 11.3 Å². The molecule has 2 aromatic rings. The van der Waals surface area contributed by atoms with Crippen LogP contribution in [0.3, 0.4) is 0 Å². The van der Waals surface area contributed by atoms with Crippen LogP contribution >= 0.6 is 35.0 Å². The third-order valence-corrected chi connectivity index (χ3v) is 7.92. The fraction of sp³-hybridized carbons (Fsp3) is 0.421. The molecule has 1 aromatic carbocycles. The van der Waals surface area contributed by atoms with E-state index in [2.05, 4.69) is 27.9 Å². The number of nitrogens with zero attached hydrogens (tertiary/aromatic N) is 1. The summed E-state index contributed by atoms with van der Waals surface area (Å²) in [6, 6.07) is 9.02. The molecule has 2 N–H and O–H groups in total. The Hall–Kier alpha value is -0.790. The van der Waals surface area contributed by atoms with Crippen molar-refractivity contribution in [2.45, 2.75) is 52.7 Å². The van der Waals surface area contributed by atoms with Gasteiger partial charge in [-0.25, -0.2) is 4.98 Å². The molecule has 1 saturated heterocycles. The molecule has 2 fully saturated rings. The van der Waals surface area contributed by atoms with Crippen LogP contribution in [-0.4, -0.2) is 26.3 Å². The van der Waals surface area contributed by atoms with Crippen molar-refractivity contribution in [2.24, 2.45) is 0 Å². The minimum atomic E-state index is -0.505. The van der Waals surface area contributed by atoms with Crippen molar-refractivity contribution in [2.75, 3.05) is 0 Å². The van der Waals surface area contributed by atoms with Gasteiger partial charge in [-0.3, -0.25) is 4.72 Å². The van der Waals surface area contributed by atoms with E-state index in [1.54, 1.807) is 35.0 Å². The van der Waals surface area contributed by atoms with Crippen molar-refractivity contribution in [3.8, 4) is 0 Å². The SMILES string of the molecule is OC12C=CC=CC1S2.c1ccc2sc(SNC3CCCCC3)nc2c1. The Morgan fingerprint density at radius 3 is 2.72 bits per heavy atom. The second kappa shape index (κ2) is 7.84. The third-order valence-electron chi connectivity index (χ3n) is 4.59. The molecule has 2 unspecified atom stereocenters. The summed E-state index contributed by atoms with van der Waals surface area (Å²) in [6.07, 6.45) is 14.5.